The number of rotatable bonds is 6. The molecule has 0 aliphatic heterocycles. The maximum Gasteiger partial charge on any atom is 0.274 e. The third-order valence-electron chi connectivity index (χ3n) is 5.77. The van der Waals surface area contributed by atoms with Crippen LogP contribution in [0.4, 0.5) is 5.69 Å². The van der Waals surface area contributed by atoms with E-state index in [2.05, 4.69) is 31.7 Å². The number of nitrogens with one attached hydrogen (secondary N) is 4. The van der Waals surface area contributed by atoms with E-state index in [4.69, 9.17) is 0 Å². The Labute approximate surface area is 195 Å². The van der Waals surface area contributed by atoms with Crippen LogP contribution in [0.5, 0.6) is 0 Å². The van der Waals surface area contributed by atoms with Crippen LogP contribution in [0.25, 0.3) is 44.2 Å². The molecular weight excluding hydrogens is 428 g/mol. The molecule has 0 saturated carbocycles. The van der Waals surface area contributed by atoms with Crippen molar-refractivity contribution in [3.8, 4) is 22.3 Å². The highest BCUT2D eigenvalue weighted by atomic mass is 16.1. The van der Waals surface area contributed by atoms with Crippen molar-refractivity contribution in [2.24, 2.45) is 7.05 Å². The van der Waals surface area contributed by atoms with Crippen molar-refractivity contribution in [1.29, 1.82) is 0 Å². The number of likely N-dealkylation sites (N-methyl/N-ethyl adjacent to an activating group) is 1. The highest BCUT2D eigenvalue weighted by molar-refractivity contribution is 6.04. The number of hydrogen-bond donors (Lipinski definition) is 4. The predicted octanol–water partition coefficient (Wildman–Crippen LogP) is 3.79. The fourth-order valence-corrected chi connectivity index (χ4v) is 4.11. The molecule has 34 heavy (non-hydrogen) atoms. The topological polar surface area (TPSA) is 108 Å². The molecule has 0 saturated heterocycles. The van der Waals surface area contributed by atoms with Crippen LogP contribution in [0, 0.1) is 0 Å². The minimum Gasteiger partial charge on any atom is -0.357 e. The van der Waals surface area contributed by atoms with Crippen LogP contribution in [0.2, 0.25) is 0 Å². The molecule has 170 valence electrons. The van der Waals surface area contributed by atoms with E-state index in [9.17, 15) is 9.59 Å². The number of nitrogens with zero attached hydrogens (tertiary/aromatic N) is 2. The van der Waals surface area contributed by atoms with Gasteiger partial charge in [-0.2, -0.15) is 0 Å². The predicted molar refractivity (Wildman–Crippen MR) is 136 cm³/mol. The number of H-pyrrole nitrogens is 2. The number of aryl methyl sites for hydroxylation is 1. The average molecular weight is 453 g/mol. The molecule has 1 aromatic carbocycles. The molecule has 4 heterocycles. The summed E-state index contributed by atoms with van der Waals surface area (Å²) < 4.78 is 1.58. The lowest BCUT2D eigenvalue weighted by Gasteiger charge is -2.08. The standard InChI is InChI=1S/C26H24N6O2/c1-27-9-4-7-23(33)31-18-6-3-5-16(11-18)17-12-20-21(14-30-25(20)29-13-17)22-15-32(2)26(34)24-19(22)8-10-28-24/h3-8,10-15,27-28H,9H2,1-2H3,(H,29,30)(H,31,33). The van der Waals surface area contributed by atoms with Gasteiger partial charge in [-0.1, -0.05) is 18.2 Å². The molecule has 8 nitrogen and oxygen atoms in total. The zero-order valence-electron chi connectivity index (χ0n) is 18.8. The van der Waals surface area contributed by atoms with Crippen LogP contribution in [-0.2, 0) is 11.8 Å². The summed E-state index contributed by atoms with van der Waals surface area (Å²) in [6, 6.07) is 11.7. The van der Waals surface area contributed by atoms with E-state index in [0.717, 1.165) is 38.7 Å². The Morgan fingerprint density at radius 1 is 1.12 bits per heavy atom. The Bertz CT molecular complexity index is 1600. The minimum atomic E-state index is -0.181. The first-order chi connectivity index (χ1) is 16.5. The zero-order chi connectivity index (χ0) is 23.7. The fraction of sp³-hybridized carbons (Fsp3) is 0.115. The average Bonchev–Trinajstić information content (AvgIpc) is 3.49. The lowest BCUT2D eigenvalue weighted by atomic mass is 10.0. The Morgan fingerprint density at radius 2 is 2.00 bits per heavy atom. The first-order valence-corrected chi connectivity index (χ1v) is 10.9. The van der Waals surface area contributed by atoms with E-state index in [1.54, 1.807) is 23.9 Å². The van der Waals surface area contributed by atoms with Crippen molar-refractivity contribution in [2.45, 2.75) is 0 Å². The normalized spacial score (nSPS) is 11.6. The van der Waals surface area contributed by atoms with E-state index in [0.29, 0.717) is 17.7 Å². The molecular formula is C26H24N6O2. The van der Waals surface area contributed by atoms with Crippen molar-refractivity contribution < 1.29 is 4.79 Å². The van der Waals surface area contributed by atoms with Gasteiger partial charge < -0.3 is 25.2 Å². The molecule has 0 aliphatic rings. The van der Waals surface area contributed by atoms with Crippen LogP contribution in [0.1, 0.15) is 0 Å². The van der Waals surface area contributed by atoms with Crippen LogP contribution >= 0.6 is 0 Å². The van der Waals surface area contributed by atoms with Gasteiger partial charge in [-0.25, -0.2) is 4.98 Å². The number of hydrogen-bond acceptors (Lipinski definition) is 4. The molecule has 0 fully saturated rings. The van der Waals surface area contributed by atoms with E-state index in [1.165, 1.54) is 6.08 Å². The summed E-state index contributed by atoms with van der Waals surface area (Å²) in [5.41, 5.74) is 5.74. The number of pyridine rings is 2. The number of carbonyl (C=O) groups excluding carboxylic acids is 1. The second-order valence-corrected chi connectivity index (χ2v) is 8.08. The molecule has 5 rings (SSSR count). The Balaban J connectivity index is 1.54. The molecule has 1 amide bonds. The summed E-state index contributed by atoms with van der Waals surface area (Å²) in [4.78, 5) is 35.5. The molecule has 0 spiro atoms. The van der Waals surface area contributed by atoms with Crippen molar-refractivity contribution in [2.75, 3.05) is 18.9 Å². The maximum absolute atomic E-state index is 12.5. The minimum absolute atomic E-state index is 0.0675. The third-order valence-corrected chi connectivity index (χ3v) is 5.77. The number of benzene rings is 1. The van der Waals surface area contributed by atoms with Gasteiger partial charge in [0.1, 0.15) is 11.2 Å². The Kier molecular flexibility index (Phi) is 5.57. The molecule has 5 aromatic rings. The smallest absolute Gasteiger partial charge is 0.274 e. The van der Waals surface area contributed by atoms with E-state index >= 15 is 0 Å². The highest BCUT2D eigenvalue weighted by Crippen LogP contribution is 2.34. The number of fused-ring (bicyclic) bond motifs is 2. The first kappa shape index (κ1) is 21.4. The van der Waals surface area contributed by atoms with Gasteiger partial charge in [0.15, 0.2) is 0 Å². The fourth-order valence-electron chi connectivity index (χ4n) is 4.11. The van der Waals surface area contributed by atoms with Gasteiger partial charge in [-0.05, 0) is 36.9 Å². The number of carbonyl (C=O) groups is 1. The summed E-state index contributed by atoms with van der Waals surface area (Å²) >= 11 is 0. The number of anilines is 1. The van der Waals surface area contributed by atoms with E-state index in [-0.39, 0.29) is 11.5 Å². The first-order valence-electron chi connectivity index (χ1n) is 10.9. The second kappa shape index (κ2) is 8.84. The molecule has 0 unspecified atom stereocenters. The van der Waals surface area contributed by atoms with Crippen molar-refractivity contribution in [3.63, 3.8) is 0 Å². The van der Waals surface area contributed by atoms with Gasteiger partial charge >= 0.3 is 0 Å². The summed E-state index contributed by atoms with van der Waals surface area (Å²) in [7, 11) is 3.57. The number of amides is 1. The molecule has 0 aliphatic carbocycles. The molecule has 4 N–H and O–H groups in total. The lowest BCUT2D eigenvalue weighted by molar-refractivity contribution is -0.111. The van der Waals surface area contributed by atoms with Gasteiger partial charge in [0, 0.05) is 77.6 Å². The van der Waals surface area contributed by atoms with Crippen molar-refractivity contribution in [3.05, 3.63) is 83.7 Å². The Morgan fingerprint density at radius 3 is 2.85 bits per heavy atom. The molecule has 0 radical (unpaired) electrons. The monoisotopic (exact) mass is 452 g/mol. The largest absolute Gasteiger partial charge is 0.357 e. The number of aromatic amines is 2. The second-order valence-electron chi connectivity index (χ2n) is 8.08. The summed E-state index contributed by atoms with van der Waals surface area (Å²) in [5.74, 6) is -0.181. The van der Waals surface area contributed by atoms with Gasteiger partial charge in [0.2, 0.25) is 5.91 Å². The highest BCUT2D eigenvalue weighted by Gasteiger charge is 2.15. The maximum atomic E-state index is 12.5. The summed E-state index contributed by atoms with van der Waals surface area (Å²) in [5, 5.41) is 7.67. The third kappa shape index (κ3) is 3.91. The van der Waals surface area contributed by atoms with Crippen molar-refractivity contribution in [1.82, 2.24) is 24.8 Å². The SMILES string of the molecule is CNCC=CC(=O)Nc1cccc(-c2cnc3[nH]cc(-c4cn(C)c(=O)c5[nH]ccc45)c3c2)c1. The molecule has 0 atom stereocenters. The van der Waals surface area contributed by atoms with Crippen LogP contribution in [0.3, 0.4) is 0 Å². The van der Waals surface area contributed by atoms with Gasteiger partial charge in [-0.3, -0.25) is 9.59 Å². The lowest BCUT2D eigenvalue weighted by Crippen LogP contribution is -2.16. The molecule has 8 heteroatoms. The van der Waals surface area contributed by atoms with Crippen LogP contribution in [-0.4, -0.2) is 39.0 Å². The molecule has 4 aromatic heterocycles. The van der Waals surface area contributed by atoms with E-state index < -0.39 is 0 Å². The molecule has 0 bridgehead atoms. The van der Waals surface area contributed by atoms with Gasteiger partial charge in [0.25, 0.3) is 5.56 Å². The summed E-state index contributed by atoms with van der Waals surface area (Å²) in [6.07, 6.45) is 10.6. The van der Waals surface area contributed by atoms with Crippen LogP contribution < -0.4 is 16.2 Å². The van der Waals surface area contributed by atoms with Crippen LogP contribution in [0.15, 0.2) is 78.1 Å². The van der Waals surface area contributed by atoms with Gasteiger partial charge in [0.05, 0.1) is 0 Å². The van der Waals surface area contributed by atoms with Gasteiger partial charge in [-0.15, -0.1) is 0 Å². The van der Waals surface area contributed by atoms with Crippen molar-refractivity contribution >= 4 is 33.5 Å². The van der Waals surface area contributed by atoms with E-state index in [1.807, 2.05) is 56.0 Å². The Hall–Kier alpha value is -4.43. The summed E-state index contributed by atoms with van der Waals surface area (Å²) in [6.45, 7) is 0.628. The quantitative estimate of drug-likeness (QED) is 0.294. The zero-order valence-corrected chi connectivity index (χ0v) is 18.8. The number of aromatic nitrogens is 4.